The molecule has 0 saturated heterocycles. The van der Waals surface area contributed by atoms with Crippen molar-refractivity contribution in [3.8, 4) is 0 Å². The van der Waals surface area contributed by atoms with Gasteiger partial charge in [0.15, 0.2) is 0 Å². The number of aryl methyl sites for hydroxylation is 2. The Morgan fingerprint density at radius 2 is 1.95 bits per heavy atom. The summed E-state index contributed by atoms with van der Waals surface area (Å²) in [7, 11) is 1.98. The van der Waals surface area contributed by atoms with Crippen LogP contribution in [0.4, 0.5) is 4.39 Å². The first kappa shape index (κ1) is 14.7. The highest BCUT2D eigenvalue weighted by atomic mass is 19.1. The Labute approximate surface area is 119 Å². The first-order chi connectivity index (χ1) is 9.63. The molecule has 0 fully saturated rings. The summed E-state index contributed by atoms with van der Waals surface area (Å²) in [6, 6.07) is 9.06. The van der Waals surface area contributed by atoms with Gasteiger partial charge in [-0.25, -0.2) is 4.39 Å². The van der Waals surface area contributed by atoms with Crippen LogP contribution < -0.4 is 5.32 Å². The van der Waals surface area contributed by atoms with Gasteiger partial charge in [0.05, 0.1) is 17.4 Å². The van der Waals surface area contributed by atoms with Crippen LogP contribution in [0.1, 0.15) is 36.8 Å². The van der Waals surface area contributed by atoms with E-state index in [1.807, 2.05) is 23.9 Å². The molecule has 4 heteroatoms. The minimum atomic E-state index is -0.192. The zero-order chi connectivity index (χ0) is 14.5. The normalized spacial score (nSPS) is 12.6. The van der Waals surface area contributed by atoms with Gasteiger partial charge in [0.2, 0.25) is 0 Å². The Morgan fingerprint density at radius 3 is 2.50 bits per heavy atom. The molecule has 1 heterocycles. The monoisotopic (exact) mass is 275 g/mol. The Bertz CT molecular complexity index is 545. The molecule has 0 spiro atoms. The highest BCUT2D eigenvalue weighted by Crippen LogP contribution is 2.19. The lowest BCUT2D eigenvalue weighted by atomic mass is 10.0. The number of hydrogen-bond donors (Lipinski definition) is 1. The molecule has 0 aliphatic rings. The van der Waals surface area contributed by atoms with E-state index >= 15 is 0 Å². The molecule has 20 heavy (non-hydrogen) atoms. The van der Waals surface area contributed by atoms with Gasteiger partial charge in [0.1, 0.15) is 5.82 Å². The molecule has 2 aromatic rings. The van der Waals surface area contributed by atoms with E-state index < -0.39 is 0 Å². The SMILES string of the molecule is CCNC(Cc1ccc(F)cc1)c1cc(CC)nn1C. The first-order valence-corrected chi connectivity index (χ1v) is 7.14. The fraction of sp³-hybridized carbons (Fsp3) is 0.438. The van der Waals surface area contributed by atoms with Crippen LogP contribution in [-0.4, -0.2) is 16.3 Å². The molecule has 0 amide bonds. The van der Waals surface area contributed by atoms with E-state index in [1.165, 1.54) is 17.8 Å². The molecular weight excluding hydrogens is 253 g/mol. The Kier molecular flexibility index (Phi) is 4.90. The van der Waals surface area contributed by atoms with E-state index in [0.717, 1.165) is 30.6 Å². The molecule has 0 aliphatic heterocycles. The molecule has 3 nitrogen and oxygen atoms in total. The minimum Gasteiger partial charge on any atom is -0.309 e. The molecule has 1 aromatic carbocycles. The predicted molar refractivity (Wildman–Crippen MR) is 79.1 cm³/mol. The average Bonchev–Trinajstić information content (AvgIpc) is 2.82. The number of halogens is 1. The van der Waals surface area contributed by atoms with E-state index in [-0.39, 0.29) is 11.9 Å². The zero-order valence-corrected chi connectivity index (χ0v) is 12.4. The lowest BCUT2D eigenvalue weighted by molar-refractivity contribution is 0.507. The second-order valence-electron chi connectivity index (χ2n) is 4.98. The van der Waals surface area contributed by atoms with Crippen LogP contribution >= 0.6 is 0 Å². The second-order valence-corrected chi connectivity index (χ2v) is 4.98. The third kappa shape index (κ3) is 3.45. The smallest absolute Gasteiger partial charge is 0.123 e. The van der Waals surface area contributed by atoms with Crippen LogP contribution in [0, 0.1) is 5.82 Å². The van der Waals surface area contributed by atoms with Crippen molar-refractivity contribution in [2.45, 2.75) is 32.7 Å². The summed E-state index contributed by atoms with van der Waals surface area (Å²) >= 11 is 0. The van der Waals surface area contributed by atoms with Gasteiger partial charge in [-0.15, -0.1) is 0 Å². The molecule has 1 unspecified atom stereocenters. The minimum absolute atomic E-state index is 0.192. The summed E-state index contributed by atoms with van der Waals surface area (Å²) in [5, 5.41) is 7.99. The van der Waals surface area contributed by atoms with Crippen LogP contribution in [0.15, 0.2) is 30.3 Å². The molecule has 0 saturated carbocycles. The quantitative estimate of drug-likeness (QED) is 0.878. The van der Waals surface area contributed by atoms with Gasteiger partial charge < -0.3 is 5.32 Å². The molecule has 108 valence electrons. The summed E-state index contributed by atoms with van der Waals surface area (Å²) in [6.07, 6.45) is 1.76. The lowest BCUT2D eigenvalue weighted by Gasteiger charge is -2.18. The van der Waals surface area contributed by atoms with Crippen LogP contribution in [0.3, 0.4) is 0 Å². The first-order valence-electron chi connectivity index (χ1n) is 7.14. The van der Waals surface area contributed by atoms with Crippen molar-refractivity contribution >= 4 is 0 Å². The number of hydrogen-bond acceptors (Lipinski definition) is 2. The third-order valence-corrected chi connectivity index (χ3v) is 3.49. The number of nitrogens with zero attached hydrogens (tertiary/aromatic N) is 2. The lowest BCUT2D eigenvalue weighted by Crippen LogP contribution is -2.25. The number of aromatic nitrogens is 2. The van der Waals surface area contributed by atoms with E-state index in [0.29, 0.717) is 0 Å². The van der Waals surface area contributed by atoms with Gasteiger partial charge in [0, 0.05) is 7.05 Å². The van der Waals surface area contributed by atoms with Crippen molar-refractivity contribution in [3.63, 3.8) is 0 Å². The highest BCUT2D eigenvalue weighted by molar-refractivity contribution is 5.21. The maximum Gasteiger partial charge on any atom is 0.123 e. The van der Waals surface area contributed by atoms with Gasteiger partial charge in [-0.05, 0) is 43.1 Å². The summed E-state index contributed by atoms with van der Waals surface area (Å²) in [4.78, 5) is 0. The molecule has 0 aliphatic carbocycles. The van der Waals surface area contributed by atoms with Crippen molar-refractivity contribution in [3.05, 3.63) is 53.1 Å². The summed E-state index contributed by atoms with van der Waals surface area (Å²) < 4.78 is 14.9. The predicted octanol–water partition coefficient (Wildman–Crippen LogP) is 3.01. The van der Waals surface area contributed by atoms with E-state index in [1.54, 1.807) is 0 Å². The van der Waals surface area contributed by atoms with Crippen molar-refractivity contribution < 1.29 is 4.39 Å². The molecule has 2 rings (SSSR count). The van der Waals surface area contributed by atoms with Crippen LogP contribution in [0.25, 0.3) is 0 Å². The van der Waals surface area contributed by atoms with Crippen LogP contribution in [-0.2, 0) is 19.9 Å². The van der Waals surface area contributed by atoms with Gasteiger partial charge in [-0.2, -0.15) is 5.10 Å². The fourth-order valence-corrected chi connectivity index (χ4v) is 2.43. The number of nitrogens with one attached hydrogen (secondary N) is 1. The van der Waals surface area contributed by atoms with Crippen molar-refractivity contribution in [2.75, 3.05) is 6.54 Å². The number of rotatable bonds is 6. The maximum absolute atomic E-state index is 13.0. The van der Waals surface area contributed by atoms with E-state index in [2.05, 4.69) is 30.3 Å². The van der Waals surface area contributed by atoms with Gasteiger partial charge in [0.25, 0.3) is 0 Å². The maximum atomic E-state index is 13.0. The van der Waals surface area contributed by atoms with Gasteiger partial charge in [-0.1, -0.05) is 26.0 Å². The van der Waals surface area contributed by atoms with Gasteiger partial charge in [-0.3, -0.25) is 4.68 Å². The molecule has 0 bridgehead atoms. The molecule has 1 aromatic heterocycles. The largest absolute Gasteiger partial charge is 0.309 e. The van der Waals surface area contributed by atoms with Gasteiger partial charge >= 0.3 is 0 Å². The Balaban J connectivity index is 2.21. The summed E-state index contributed by atoms with van der Waals surface area (Å²) in [5.41, 5.74) is 3.40. The second kappa shape index (κ2) is 6.66. The summed E-state index contributed by atoms with van der Waals surface area (Å²) in [6.45, 7) is 5.08. The van der Waals surface area contributed by atoms with Crippen molar-refractivity contribution in [2.24, 2.45) is 7.05 Å². The third-order valence-electron chi connectivity index (χ3n) is 3.49. The average molecular weight is 275 g/mol. The highest BCUT2D eigenvalue weighted by Gasteiger charge is 2.16. The standard InChI is InChI=1S/C16H22FN3/c1-4-14-11-16(20(3)19-14)15(18-5-2)10-12-6-8-13(17)9-7-12/h6-9,11,15,18H,4-5,10H2,1-3H3. The zero-order valence-electron chi connectivity index (χ0n) is 12.4. The Morgan fingerprint density at radius 1 is 1.25 bits per heavy atom. The molecule has 1 N–H and O–H groups in total. The van der Waals surface area contributed by atoms with E-state index in [4.69, 9.17) is 0 Å². The molecule has 0 radical (unpaired) electrons. The molecular formula is C16H22FN3. The van der Waals surface area contributed by atoms with Crippen molar-refractivity contribution in [1.29, 1.82) is 0 Å². The topological polar surface area (TPSA) is 29.9 Å². The Hall–Kier alpha value is -1.68. The van der Waals surface area contributed by atoms with Crippen molar-refractivity contribution in [1.82, 2.24) is 15.1 Å². The fourth-order valence-electron chi connectivity index (χ4n) is 2.43. The van der Waals surface area contributed by atoms with Crippen LogP contribution in [0.2, 0.25) is 0 Å². The number of likely N-dealkylation sites (N-methyl/N-ethyl adjacent to an activating group) is 1. The molecule has 1 atom stereocenters. The van der Waals surface area contributed by atoms with Crippen LogP contribution in [0.5, 0.6) is 0 Å². The number of benzene rings is 1. The van der Waals surface area contributed by atoms with E-state index in [9.17, 15) is 4.39 Å². The summed E-state index contributed by atoms with van der Waals surface area (Å²) in [5.74, 6) is -0.192.